The monoisotopic (exact) mass is 388 g/mol. The van der Waals surface area contributed by atoms with Gasteiger partial charge in [0.05, 0.1) is 17.2 Å². The smallest absolute Gasteiger partial charge is 0.269 e. The molecular formula is C22H20N4O3. The Morgan fingerprint density at radius 2 is 1.76 bits per heavy atom. The first-order valence-corrected chi connectivity index (χ1v) is 9.77. The van der Waals surface area contributed by atoms with Crippen molar-refractivity contribution in [3.8, 4) is 0 Å². The lowest BCUT2D eigenvalue weighted by atomic mass is 9.97. The van der Waals surface area contributed by atoms with E-state index in [9.17, 15) is 9.59 Å². The zero-order valence-electron chi connectivity index (χ0n) is 15.8. The molecule has 3 heterocycles. The lowest BCUT2D eigenvalue weighted by Gasteiger charge is -2.31. The summed E-state index contributed by atoms with van der Waals surface area (Å²) in [7, 11) is 0. The van der Waals surface area contributed by atoms with Crippen molar-refractivity contribution in [3.05, 3.63) is 71.0 Å². The van der Waals surface area contributed by atoms with Crippen molar-refractivity contribution >= 4 is 28.0 Å². The predicted molar refractivity (Wildman–Crippen MR) is 109 cm³/mol. The maximum atomic E-state index is 12.9. The van der Waals surface area contributed by atoms with Crippen molar-refractivity contribution in [1.29, 1.82) is 0 Å². The highest BCUT2D eigenvalue weighted by molar-refractivity contribution is 5.80. The van der Waals surface area contributed by atoms with Crippen LogP contribution >= 0.6 is 0 Å². The maximum absolute atomic E-state index is 12.9. The molecule has 4 aromatic rings. The van der Waals surface area contributed by atoms with Gasteiger partial charge in [0.15, 0.2) is 11.5 Å². The molecule has 0 unspecified atom stereocenters. The summed E-state index contributed by atoms with van der Waals surface area (Å²) in [6.45, 7) is 1.27. The SMILES string of the molecule is O=C(Cn1c(=O)cnc2ccccc21)N1CCC(c2nc3ccccc3o2)CC1. The van der Waals surface area contributed by atoms with Gasteiger partial charge in [-0.1, -0.05) is 24.3 Å². The predicted octanol–water partition coefficient (Wildman–Crippen LogP) is 2.94. The number of benzene rings is 2. The van der Waals surface area contributed by atoms with Gasteiger partial charge in [-0.2, -0.15) is 0 Å². The number of fused-ring (bicyclic) bond motifs is 2. The number of hydrogen-bond donors (Lipinski definition) is 0. The molecular weight excluding hydrogens is 368 g/mol. The van der Waals surface area contributed by atoms with E-state index in [1.54, 1.807) is 0 Å². The number of rotatable bonds is 3. The molecule has 1 aliphatic heterocycles. The molecule has 2 aromatic heterocycles. The Hall–Kier alpha value is -3.48. The quantitative estimate of drug-likeness (QED) is 0.539. The molecule has 1 aliphatic rings. The van der Waals surface area contributed by atoms with Crippen LogP contribution in [0.3, 0.4) is 0 Å². The number of piperidine rings is 1. The minimum Gasteiger partial charge on any atom is -0.440 e. The molecule has 0 radical (unpaired) electrons. The molecule has 0 atom stereocenters. The van der Waals surface area contributed by atoms with Gasteiger partial charge in [0.25, 0.3) is 5.56 Å². The van der Waals surface area contributed by atoms with E-state index in [-0.39, 0.29) is 23.9 Å². The summed E-state index contributed by atoms with van der Waals surface area (Å²) in [6.07, 6.45) is 2.87. The van der Waals surface area contributed by atoms with E-state index in [2.05, 4.69) is 9.97 Å². The maximum Gasteiger partial charge on any atom is 0.269 e. The van der Waals surface area contributed by atoms with E-state index in [4.69, 9.17) is 4.42 Å². The van der Waals surface area contributed by atoms with Gasteiger partial charge in [0.1, 0.15) is 12.1 Å². The van der Waals surface area contributed by atoms with Crippen LogP contribution in [0.1, 0.15) is 24.7 Å². The number of hydrogen-bond acceptors (Lipinski definition) is 5. The molecule has 7 nitrogen and oxygen atoms in total. The van der Waals surface area contributed by atoms with Crippen LogP contribution in [0.4, 0.5) is 0 Å². The Balaban J connectivity index is 1.29. The van der Waals surface area contributed by atoms with E-state index >= 15 is 0 Å². The Morgan fingerprint density at radius 3 is 2.55 bits per heavy atom. The van der Waals surface area contributed by atoms with Gasteiger partial charge < -0.3 is 9.32 Å². The van der Waals surface area contributed by atoms with Crippen molar-refractivity contribution in [2.75, 3.05) is 13.1 Å². The van der Waals surface area contributed by atoms with Gasteiger partial charge in [-0.25, -0.2) is 9.97 Å². The molecule has 1 amide bonds. The third kappa shape index (κ3) is 3.29. The number of aromatic nitrogens is 3. The van der Waals surface area contributed by atoms with Crippen LogP contribution in [0.15, 0.2) is 63.9 Å². The Bertz CT molecular complexity index is 1220. The van der Waals surface area contributed by atoms with Gasteiger partial charge in [-0.15, -0.1) is 0 Å². The van der Waals surface area contributed by atoms with Crippen molar-refractivity contribution in [3.63, 3.8) is 0 Å². The van der Waals surface area contributed by atoms with E-state index in [1.807, 2.05) is 53.4 Å². The van der Waals surface area contributed by atoms with E-state index in [1.165, 1.54) is 10.8 Å². The summed E-state index contributed by atoms with van der Waals surface area (Å²) in [5.41, 5.74) is 2.78. The first-order chi connectivity index (χ1) is 14.2. The first-order valence-electron chi connectivity index (χ1n) is 9.77. The zero-order chi connectivity index (χ0) is 19.8. The van der Waals surface area contributed by atoms with Crippen LogP contribution in [-0.2, 0) is 11.3 Å². The van der Waals surface area contributed by atoms with Gasteiger partial charge in [-0.05, 0) is 37.1 Å². The highest BCUT2D eigenvalue weighted by atomic mass is 16.3. The van der Waals surface area contributed by atoms with Crippen LogP contribution in [0, 0.1) is 0 Å². The molecule has 0 spiro atoms. The van der Waals surface area contributed by atoms with Crippen LogP contribution in [0.2, 0.25) is 0 Å². The average Bonchev–Trinajstić information content (AvgIpc) is 3.20. The minimum absolute atomic E-state index is 0.0232. The second-order valence-electron chi connectivity index (χ2n) is 7.35. The number of para-hydroxylation sites is 4. The Morgan fingerprint density at radius 1 is 1.03 bits per heavy atom. The molecule has 2 aromatic carbocycles. The fourth-order valence-corrected chi connectivity index (χ4v) is 3.95. The van der Waals surface area contributed by atoms with Crippen LogP contribution in [0.25, 0.3) is 22.1 Å². The fraction of sp³-hybridized carbons (Fsp3) is 0.273. The van der Waals surface area contributed by atoms with Crippen LogP contribution < -0.4 is 5.56 Å². The molecule has 29 heavy (non-hydrogen) atoms. The summed E-state index contributed by atoms with van der Waals surface area (Å²) in [4.78, 5) is 35.7. The van der Waals surface area contributed by atoms with Crippen molar-refractivity contribution in [2.45, 2.75) is 25.3 Å². The van der Waals surface area contributed by atoms with E-state index in [0.717, 1.165) is 29.8 Å². The average molecular weight is 388 g/mol. The first kappa shape index (κ1) is 17.6. The molecule has 1 fully saturated rings. The largest absolute Gasteiger partial charge is 0.440 e. The normalized spacial score (nSPS) is 15.2. The summed E-state index contributed by atoms with van der Waals surface area (Å²) < 4.78 is 7.39. The highest BCUT2D eigenvalue weighted by Crippen LogP contribution is 2.30. The number of amides is 1. The molecule has 0 N–H and O–H groups in total. The molecule has 1 saturated heterocycles. The van der Waals surface area contributed by atoms with Gasteiger partial charge in [0, 0.05) is 19.0 Å². The zero-order valence-corrected chi connectivity index (χ0v) is 15.8. The summed E-state index contributed by atoms with van der Waals surface area (Å²) in [5.74, 6) is 0.894. The van der Waals surface area contributed by atoms with E-state index < -0.39 is 0 Å². The van der Waals surface area contributed by atoms with Crippen LogP contribution in [0.5, 0.6) is 0 Å². The topological polar surface area (TPSA) is 81.2 Å². The molecule has 0 bridgehead atoms. The Labute approximate surface area is 166 Å². The number of nitrogens with zero attached hydrogens (tertiary/aromatic N) is 4. The Kier molecular flexibility index (Phi) is 4.35. The number of carbonyl (C=O) groups is 1. The van der Waals surface area contributed by atoms with Gasteiger partial charge in [-0.3, -0.25) is 14.2 Å². The van der Waals surface area contributed by atoms with E-state index in [0.29, 0.717) is 24.1 Å². The fourth-order valence-electron chi connectivity index (χ4n) is 3.95. The molecule has 0 saturated carbocycles. The molecule has 0 aliphatic carbocycles. The summed E-state index contributed by atoms with van der Waals surface area (Å²) >= 11 is 0. The third-order valence-electron chi connectivity index (χ3n) is 5.55. The van der Waals surface area contributed by atoms with Gasteiger partial charge >= 0.3 is 0 Å². The standard InChI is InChI=1S/C22H20N4O3/c27-20-13-23-16-5-1-3-7-18(16)26(20)14-21(28)25-11-9-15(10-12-25)22-24-17-6-2-4-8-19(17)29-22/h1-8,13,15H,9-12,14H2. The molecule has 7 heteroatoms. The second kappa shape index (κ2) is 7.16. The number of carbonyl (C=O) groups excluding carboxylic acids is 1. The highest BCUT2D eigenvalue weighted by Gasteiger charge is 2.27. The number of likely N-dealkylation sites (tertiary alicyclic amines) is 1. The van der Waals surface area contributed by atoms with Gasteiger partial charge in [0.2, 0.25) is 5.91 Å². The lowest BCUT2D eigenvalue weighted by molar-refractivity contribution is -0.132. The summed E-state index contributed by atoms with van der Waals surface area (Å²) in [6, 6.07) is 15.1. The molecule has 146 valence electrons. The lowest BCUT2D eigenvalue weighted by Crippen LogP contribution is -2.41. The van der Waals surface area contributed by atoms with Crippen LogP contribution in [-0.4, -0.2) is 38.4 Å². The van der Waals surface area contributed by atoms with Crippen molar-refractivity contribution in [1.82, 2.24) is 19.4 Å². The van der Waals surface area contributed by atoms with Crippen molar-refractivity contribution < 1.29 is 9.21 Å². The number of oxazole rings is 1. The molecule has 5 rings (SSSR count). The second-order valence-corrected chi connectivity index (χ2v) is 7.35. The van der Waals surface area contributed by atoms with Crippen molar-refractivity contribution in [2.24, 2.45) is 0 Å². The third-order valence-corrected chi connectivity index (χ3v) is 5.55. The minimum atomic E-state index is -0.265. The summed E-state index contributed by atoms with van der Waals surface area (Å²) in [5, 5.41) is 0.